The van der Waals surface area contributed by atoms with E-state index >= 15 is 0 Å². The van der Waals surface area contributed by atoms with E-state index in [2.05, 4.69) is 17.6 Å². The molecule has 0 radical (unpaired) electrons. The summed E-state index contributed by atoms with van der Waals surface area (Å²) in [4.78, 5) is 0. The lowest BCUT2D eigenvalue weighted by molar-refractivity contribution is 0.586. The van der Waals surface area contributed by atoms with E-state index in [0.717, 1.165) is 0 Å². The van der Waals surface area contributed by atoms with Gasteiger partial charge in [-0.05, 0) is 31.5 Å². The fraction of sp³-hybridized carbons (Fsp3) is 0.333. The van der Waals surface area contributed by atoms with Crippen LogP contribution in [0.25, 0.3) is 0 Å². The van der Waals surface area contributed by atoms with Crippen molar-refractivity contribution in [1.82, 2.24) is 10.6 Å². The molecule has 0 bridgehead atoms. The molecule has 0 saturated carbocycles. The Morgan fingerprint density at radius 1 is 1.12 bits per heavy atom. The van der Waals surface area contributed by atoms with E-state index in [0.29, 0.717) is 6.17 Å². The molecular weight excluding hydrogens is 100 g/mol. The minimum absolute atomic E-state index is 0.352. The van der Waals surface area contributed by atoms with Crippen molar-refractivity contribution in [1.29, 1.82) is 0 Å². The fourth-order valence-electron chi connectivity index (χ4n) is 0.559. The van der Waals surface area contributed by atoms with Gasteiger partial charge in [0.25, 0.3) is 0 Å². The third-order valence-corrected chi connectivity index (χ3v) is 0.996. The quantitative estimate of drug-likeness (QED) is 0.476. The third kappa shape index (κ3) is 1.30. The Labute approximate surface area is 49.3 Å². The molecule has 2 nitrogen and oxygen atoms in total. The first-order valence-corrected chi connectivity index (χ1v) is 2.73. The Morgan fingerprint density at radius 3 is 2.12 bits per heavy atom. The summed E-state index contributed by atoms with van der Waals surface area (Å²) in [5, 5.41) is 6.18. The van der Waals surface area contributed by atoms with Crippen molar-refractivity contribution >= 4 is 0 Å². The lowest BCUT2D eigenvalue weighted by atomic mass is 10.6. The van der Waals surface area contributed by atoms with Crippen LogP contribution in [0, 0.1) is 0 Å². The van der Waals surface area contributed by atoms with Crippen LogP contribution in [0.1, 0.15) is 6.92 Å². The molecular formula is C6H10N2. The number of nitrogens with one attached hydrogen (secondary N) is 2. The molecule has 1 aliphatic rings. The summed E-state index contributed by atoms with van der Waals surface area (Å²) in [5.41, 5.74) is 0. The molecule has 0 atom stereocenters. The van der Waals surface area contributed by atoms with E-state index in [1.807, 2.05) is 24.6 Å². The highest BCUT2D eigenvalue weighted by molar-refractivity contribution is 5.03. The molecule has 1 aliphatic heterocycles. The topological polar surface area (TPSA) is 24.1 Å². The third-order valence-electron chi connectivity index (χ3n) is 0.996. The minimum atomic E-state index is 0.352. The average Bonchev–Trinajstić information content (AvgIpc) is 1.94. The van der Waals surface area contributed by atoms with Crippen LogP contribution >= 0.6 is 0 Å². The first-order valence-electron chi connectivity index (χ1n) is 2.73. The second-order valence-corrected chi connectivity index (χ2v) is 1.77. The summed E-state index contributed by atoms with van der Waals surface area (Å²) >= 11 is 0. The Kier molecular flexibility index (Phi) is 1.57. The van der Waals surface area contributed by atoms with Gasteiger partial charge < -0.3 is 10.6 Å². The van der Waals surface area contributed by atoms with Crippen LogP contribution in [0.5, 0.6) is 0 Å². The zero-order valence-electron chi connectivity index (χ0n) is 4.89. The SMILES string of the molecule is CC1NC=CC=CN1. The van der Waals surface area contributed by atoms with Crippen molar-refractivity contribution in [2.24, 2.45) is 0 Å². The van der Waals surface area contributed by atoms with Gasteiger partial charge in [-0.1, -0.05) is 0 Å². The van der Waals surface area contributed by atoms with E-state index in [1.165, 1.54) is 0 Å². The highest BCUT2D eigenvalue weighted by Crippen LogP contribution is 1.82. The monoisotopic (exact) mass is 110 g/mol. The number of hydrogen-bond donors (Lipinski definition) is 2. The van der Waals surface area contributed by atoms with Crippen molar-refractivity contribution < 1.29 is 0 Å². The second kappa shape index (κ2) is 2.40. The van der Waals surface area contributed by atoms with Gasteiger partial charge in [0.05, 0.1) is 6.17 Å². The lowest BCUT2D eigenvalue weighted by Crippen LogP contribution is -2.31. The van der Waals surface area contributed by atoms with Crippen LogP contribution in [0.4, 0.5) is 0 Å². The molecule has 0 spiro atoms. The van der Waals surface area contributed by atoms with Gasteiger partial charge in [0.15, 0.2) is 0 Å². The van der Waals surface area contributed by atoms with Crippen LogP contribution in [0.3, 0.4) is 0 Å². The molecule has 2 heteroatoms. The summed E-state index contributed by atoms with van der Waals surface area (Å²) in [5.74, 6) is 0. The molecule has 1 rings (SSSR count). The molecule has 0 amide bonds. The Balaban J connectivity index is 2.45. The van der Waals surface area contributed by atoms with E-state index in [4.69, 9.17) is 0 Å². The Morgan fingerprint density at radius 2 is 1.62 bits per heavy atom. The Hall–Kier alpha value is -0.920. The van der Waals surface area contributed by atoms with Crippen molar-refractivity contribution in [2.45, 2.75) is 13.1 Å². The fourth-order valence-corrected chi connectivity index (χ4v) is 0.559. The molecule has 0 aliphatic carbocycles. The summed E-state index contributed by atoms with van der Waals surface area (Å²) in [6.45, 7) is 2.06. The van der Waals surface area contributed by atoms with E-state index in [1.54, 1.807) is 0 Å². The summed E-state index contributed by atoms with van der Waals surface area (Å²) in [7, 11) is 0. The van der Waals surface area contributed by atoms with Crippen LogP contribution in [-0.4, -0.2) is 6.17 Å². The van der Waals surface area contributed by atoms with Gasteiger partial charge >= 0.3 is 0 Å². The number of allylic oxidation sites excluding steroid dienone is 2. The van der Waals surface area contributed by atoms with E-state index < -0.39 is 0 Å². The molecule has 0 aromatic heterocycles. The molecule has 8 heavy (non-hydrogen) atoms. The van der Waals surface area contributed by atoms with Gasteiger partial charge in [-0.2, -0.15) is 0 Å². The standard InChI is InChI=1S/C6H10N2/c1-6-7-4-2-3-5-8-6/h2-8H,1H3. The van der Waals surface area contributed by atoms with E-state index in [-0.39, 0.29) is 0 Å². The summed E-state index contributed by atoms with van der Waals surface area (Å²) in [6.07, 6.45) is 8.10. The van der Waals surface area contributed by atoms with Gasteiger partial charge in [-0.3, -0.25) is 0 Å². The highest BCUT2D eigenvalue weighted by Gasteiger charge is 1.91. The van der Waals surface area contributed by atoms with Crippen molar-refractivity contribution in [3.05, 3.63) is 24.6 Å². The van der Waals surface area contributed by atoms with E-state index in [9.17, 15) is 0 Å². The maximum Gasteiger partial charge on any atom is 0.0925 e. The summed E-state index contributed by atoms with van der Waals surface area (Å²) < 4.78 is 0. The maximum absolute atomic E-state index is 3.09. The lowest BCUT2D eigenvalue weighted by Gasteiger charge is -2.08. The second-order valence-electron chi connectivity index (χ2n) is 1.77. The van der Waals surface area contributed by atoms with Crippen LogP contribution in [-0.2, 0) is 0 Å². The average molecular weight is 110 g/mol. The molecule has 44 valence electrons. The predicted molar refractivity (Wildman–Crippen MR) is 34.0 cm³/mol. The first-order chi connectivity index (χ1) is 3.89. The molecule has 1 heterocycles. The smallest absolute Gasteiger partial charge is 0.0925 e. The Bertz CT molecular complexity index is 102. The van der Waals surface area contributed by atoms with Gasteiger partial charge in [0, 0.05) is 0 Å². The molecule has 2 N–H and O–H groups in total. The molecule has 0 saturated heterocycles. The maximum atomic E-state index is 3.09. The van der Waals surface area contributed by atoms with Gasteiger partial charge in [0.2, 0.25) is 0 Å². The van der Waals surface area contributed by atoms with Crippen molar-refractivity contribution in [3.63, 3.8) is 0 Å². The molecule has 0 aromatic rings. The van der Waals surface area contributed by atoms with Gasteiger partial charge in [0.1, 0.15) is 0 Å². The number of hydrogen-bond acceptors (Lipinski definition) is 2. The molecule has 0 aromatic carbocycles. The highest BCUT2D eigenvalue weighted by atomic mass is 15.1. The van der Waals surface area contributed by atoms with Crippen molar-refractivity contribution in [3.8, 4) is 0 Å². The molecule has 0 fully saturated rings. The van der Waals surface area contributed by atoms with Gasteiger partial charge in [-0.25, -0.2) is 0 Å². The van der Waals surface area contributed by atoms with Crippen LogP contribution in [0.15, 0.2) is 24.6 Å². The first kappa shape index (κ1) is 5.22. The predicted octanol–water partition coefficient (Wildman–Crippen LogP) is 0.553. The van der Waals surface area contributed by atoms with Crippen LogP contribution in [0.2, 0.25) is 0 Å². The van der Waals surface area contributed by atoms with Gasteiger partial charge in [-0.15, -0.1) is 0 Å². The summed E-state index contributed by atoms with van der Waals surface area (Å²) in [6, 6.07) is 0. The normalized spacial score (nSPS) is 19.1. The zero-order chi connectivity index (χ0) is 5.82. The minimum Gasteiger partial charge on any atom is -0.372 e. The zero-order valence-corrected chi connectivity index (χ0v) is 4.89. The molecule has 0 unspecified atom stereocenters. The van der Waals surface area contributed by atoms with Crippen LogP contribution < -0.4 is 10.6 Å². The number of rotatable bonds is 0. The van der Waals surface area contributed by atoms with Crippen molar-refractivity contribution in [2.75, 3.05) is 0 Å². The largest absolute Gasteiger partial charge is 0.372 e.